The van der Waals surface area contributed by atoms with Gasteiger partial charge < -0.3 is 4.90 Å². The molecular formula is C56H45N. The average molecular weight is 732 g/mol. The van der Waals surface area contributed by atoms with Crippen molar-refractivity contribution >= 4 is 39.0 Å². The molecule has 0 aliphatic heterocycles. The van der Waals surface area contributed by atoms with Crippen LogP contribution in [0.25, 0.3) is 44.2 Å². The van der Waals surface area contributed by atoms with Crippen molar-refractivity contribution < 1.29 is 0 Å². The van der Waals surface area contributed by atoms with Crippen LogP contribution in [-0.2, 0) is 10.8 Å². The number of allylic oxidation sites excluding steroid dienone is 8. The van der Waals surface area contributed by atoms with E-state index in [0.717, 1.165) is 17.1 Å². The Kier molecular flexibility index (Phi) is 7.45. The molecule has 57 heavy (non-hydrogen) atoms. The van der Waals surface area contributed by atoms with Gasteiger partial charge in [-0.2, -0.15) is 0 Å². The molecule has 0 saturated carbocycles. The lowest BCUT2D eigenvalue weighted by atomic mass is 9.69. The highest BCUT2D eigenvalue weighted by Crippen LogP contribution is 2.58. The summed E-state index contributed by atoms with van der Waals surface area (Å²) < 4.78 is 0. The third-order valence-electron chi connectivity index (χ3n) is 13.4. The molecule has 0 amide bonds. The van der Waals surface area contributed by atoms with E-state index in [1.54, 1.807) is 0 Å². The van der Waals surface area contributed by atoms with Gasteiger partial charge in [-0.15, -0.1) is 0 Å². The second-order valence-electron chi connectivity index (χ2n) is 17.3. The minimum atomic E-state index is -0.0959. The Morgan fingerprint density at radius 2 is 1.02 bits per heavy atom. The third kappa shape index (κ3) is 5.15. The molecule has 0 radical (unpaired) electrons. The normalized spacial score (nSPS) is 19.1. The van der Waals surface area contributed by atoms with E-state index in [4.69, 9.17) is 0 Å². The van der Waals surface area contributed by atoms with E-state index in [1.165, 1.54) is 77.6 Å². The minimum absolute atomic E-state index is 0.0477. The van der Waals surface area contributed by atoms with Crippen molar-refractivity contribution in [2.45, 2.75) is 38.5 Å². The van der Waals surface area contributed by atoms with Crippen molar-refractivity contribution in [2.24, 2.45) is 11.8 Å². The Bertz CT molecular complexity index is 2890. The van der Waals surface area contributed by atoms with Gasteiger partial charge in [0, 0.05) is 39.7 Å². The monoisotopic (exact) mass is 731 g/mol. The number of fused-ring (bicyclic) bond motifs is 8. The first-order valence-corrected chi connectivity index (χ1v) is 20.4. The summed E-state index contributed by atoms with van der Waals surface area (Å²) in [5, 5.41) is 2.52. The largest absolute Gasteiger partial charge is 0.310 e. The molecule has 4 aliphatic carbocycles. The zero-order valence-electron chi connectivity index (χ0n) is 33.0. The van der Waals surface area contributed by atoms with Crippen molar-refractivity contribution in [3.8, 4) is 22.3 Å². The van der Waals surface area contributed by atoms with E-state index in [-0.39, 0.29) is 10.8 Å². The van der Waals surface area contributed by atoms with Gasteiger partial charge in [0.2, 0.25) is 0 Å². The number of hydrogen-bond acceptors (Lipinski definition) is 1. The van der Waals surface area contributed by atoms with Crippen LogP contribution in [0.5, 0.6) is 0 Å². The summed E-state index contributed by atoms with van der Waals surface area (Å²) in [6.07, 6.45) is 11.8. The van der Waals surface area contributed by atoms with E-state index in [2.05, 4.69) is 221 Å². The molecule has 0 saturated heterocycles. The summed E-state index contributed by atoms with van der Waals surface area (Å²) in [5.74, 6) is 0.634. The highest BCUT2D eigenvalue weighted by Gasteiger charge is 2.44. The Balaban J connectivity index is 1.04. The van der Waals surface area contributed by atoms with E-state index < -0.39 is 0 Å². The van der Waals surface area contributed by atoms with Gasteiger partial charge in [0.1, 0.15) is 0 Å². The van der Waals surface area contributed by atoms with Gasteiger partial charge in [-0.1, -0.05) is 173 Å². The first-order chi connectivity index (χ1) is 27.8. The van der Waals surface area contributed by atoms with Gasteiger partial charge in [-0.3, -0.25) is 0 Å². The van der Waals surface area contributed by atoms with Crippen molar-refractivity contribution in [3.05, 3.63) is 221 Å². The standard InChI is InChI=1S/C56H45N/c1-55(2)49-19-11-9-17-46(49)47-32-31-44(35-51(47)55)57(42-27-23-37(24-28-42)40-22-21-36-13-5-6-14-39(36)33-40)43-29-25-38(26-30-43)53-45-16-8-7-15-41(45)34-52-54(53)48-18-10-12-20-50(48)56(52,3)4/h5-35,41,45H,1-4H3. The minimum Gasteiger partial charge on any atom is -0.310 e. The van der Waals surface area contributed by atoms with Crippen molar-refractivity contribution in [1.29, 1.82) is 0 Å². The van der Waals surface area contributed by atoms with Gasteiger partial charge in [-0.25, -0.2) is 0 Å². The molecule has 0 spiro atoms. The molecule has 0 bridgehead atoms. The highest BCUT2D eigenvalue weighted by atomic mass is 15.1. The van der Waals surface area contributed by atoms with Gasteiger partial charge >= 0.3 is 0 Å². The fraction of sp³-hybridized carbons (Fsp3) is 0.143. The van der Waals surface area contributed by atoms with Crippen LogP contribution in [-0.4, -0.2) is 0 Å². The molecule has 0 aromatic heterocycles. The zero-order valence-corrected chi connectivity index (χ0v) is 33.0. The van der Waals surface area contributed by atoms with E-state index in [1.807, 2.05) is 0 Å². The maximum absolute atomic E-state index is 2.55. The summed E-state index contributed by atoms with van der Waals surface area (Å²) in [5.41, 5.74) is 19.6. The van der Waals surface area contributed by atoms with Crippen LogP contribution in [0, 0.1) is 11.8 Å². The van der Waals surface area contributed by atoms with Crippen LogP contribution in [0.1, 0.15) is 55.5 Å². The van der Waals surface area contributed by atoms with Gasteiger partial charge in [0.25, 0.3) is 0 Å². The smallest absolute Gasteiger partial charge is 0.0465 e. The number of anilines is 3. The number of hydrogen-bond donors (Lipinski definition) is 0. The lowest BCUT2D eigenvalue weighted by molar-refractivity contribution is 0.619. The van der Waals surface area contributed by atoms with E-state index in [0.29, 0.717) is 11.8 Å². The average Bonchev–Trinajstić information content (AvgIpc) is 3.62. The second kappa shape index (κ2) is 12.5. The first-order valence-electron chi connectivity index (χ1n) is 20.4. The highest BCUT2D eigenvalue weighted by molar-refractivity contribution is 6.06. The lowest BCUT2D eigenvalue weighted by Crippen LogP contribution is -2.23. The fourth-order valence-corrected chi connectivity index (χ4v) is 10.4. The molecule has 2 unspecified atom stereocenters. The molecule has 274 valence electrons. The maximum Gasteiger partial charge on any atom is 0.0465 e. The molecule has 4 aliphatic rings. The van der Waals surface area contributed by atoms with Crippen LogP contribution in [0.2, 0.25) is 0 Å². The Labute approximate surface area is 336 Å². The van der Waals surface area contributed by atoms with E-state index in [9.17, 15) is 0 Å². The second-order valence-corrected chi connectivity index (χ2v) is 17.3. The maximum atomic E-state index is 2.55. The van der Waals surface area contributed by atoms with Crippen LogP contribution in [0.3, 0.4) is 0 Å². The molecule has 11 rings (SSSR count). The van der Waals surface area contributed by atoms with Crippen LogP contribution < -0.4 is 4.90 Å². The molecule has 0 N–H and O–H groups in total. The van der Waals surface area contributed by atoms with Gasteiger partial charge in [-0.05, 0) is 120 Å². The quantitative estimate of drug-likeness (QED) is 0.170. The molecule has 1 nitrogen and oxygen atoms in total. The van der Waals surface area contributed by atoms with Crippen molar-refractivity contribution in [3.63, 3.8) is 0 Å². The number of rotatable bonds is 5. The van der Waals surface area contributed by atoms with Gasteiger partial charge in [0.05, 0.1) is 0 Å². The van der Waals surface area contributed by atoms with Crippen LogP contribution in [0.15, 0.2) is 194 Å². The SMILES string of the molecule is CC1(C)C2=CC3C=CC=CC3C(c3ccc(N(c4ccc(-c5ccc6ccccc6c5)cc4)c4ccc5c(c4)C(C)(C)c4ccccc4-5)cc3)=C2c2ccccc21. The summed E-state index contributed by atoms with van der Waals surface area (Å²) >= 11 is 0. The predicted molar refractivity (Wildman–Crippen MR) is 241 cm³/mol. The Morgan fingerprint density at radius 3 is 1.77 bits per heavy atom. The number of nitrogens with zero attached hydrogens (tertiary/aromatic N) is 1. The Hall–Kier alpha value is -6.44. The predicted octanol–water partition coefficient (Wildman–Crippen LogP) is 14.8. The molecule has 1 heteroatoms. The third-order valence-corrected chi connectivity index (χ3v) is 13.4. The molecule has 7 aromatic carbocycles. The van der Waals surface area contributed by atoms with E-state index >= 15 is 0 Å². The van der Waals surface area contributed by atoms with Gasteiger partial charge in [0.15, 0.2) is 0 Å². The zero-order chi connectivity index (χ0) is 38.5. The van der Waals surface area contributed by atoms with Crippen molar-refractivity contribution in [2.75, 3.05) is 4.90 Å². The number of benzene rings is 7. The summed E-state index contributed by atoms with van der Waals surface area (Å²) in [6, 6.07) is 59.0. The Morgan fingerprint density at radius 1 is 0.439 bits per heavy atom. The molecule has 0 heterocycles. The summed E-state index contributed by atoms with van der Waals surface area (Å²) in [7, 11) is 0. The first kappa shape index (κ1) is 33.9. The summed E-state index contributed by atoms with van der Waals surface area (Å²) in [6.45, 7) is 9.53. The molecule has 2 atom stereocenters. The molecule has 0 fully saturated rings. The topological polar surface area (TPSA) is 3.24 Å². The molecular weight excluding hydrogens is 687 g/mol. The van der Waals surface area contributed by atoms with Crippen LogP contribution >= 0.6 is 0 Å². The van der Waals surface area contributed by atoms with Crippen molar-refractivity contribution in [1.82, 2.24) is 0 Å². The lowest BCUT2D eigenvalue weighted by Gasteiger charge is -2.35. The molecule has 7 aromatic rings. The fourth-order valence-electron chi connectivity index (χ4n) is 10.4. The summed E-state index contributed by atoms with van der Waals surface area (Å²) in [4.78, 5) is 2.44. The van der Waals surface area contributed by atoms with Crippen LogP contribution in [0.4, 0.5) is 17.1 Å².